The Balaban J connectivity index is 1.83. The molecule has 1 saturated carbocycles. The number of aromatic nitrogens is 5. The summed E-state index contributed by atoms with van der Waals surface area (Å²) in [5.74, 6) is 0.256. The van der Waals surface area contributed by atoms with E-state index < -0.39 is 11.6 Å². The third-order valence-electron chi connectivity index (χ3n) is 5.11. The van der Waals surface area contributed by atoms with Gasteiger partial charge in [-0.15, -0.1) is 0 Å². The minimum atomic E-state index is -1.07. The first-order chi connectivity index (χ1) is 13.4. The Morgan fingerprint density at radius 3 is 2.86 bits per heavy atom. The topological polar surface area (TPSA) is 119 Å². The highest BCUT2D eigenvalue weighted by Crippen LogP contribution is 2.44. The molecule has 0 radical (unpaired) electrons. The molecule has 0 amide bonds. The molecule has 5 rings (SSSR count). The average molecular weight is 402 g/mol. The Hall–Kier alpha value is -2.75. The first-order valence-electron chi connectivity index (χ1n) is 8.81. The maximum absolute atomic E-state index is 13.3. The molecule has 0 bridgehead atoms. The lowest BCUT2D eigenvalue weighted by atomic mass is 10.2. The van der Waals surface area contributed by atoms with Crippen LogP contribution in [0.5, 0.6) is 0 Å². The zero-order valence-corrected chi connectivity index (χ0v) is 15.6. The summed E-state index contributed by atoms with van der Waals surface area (Å²) in [5, 5.41) is 24.2. The maximum Gasteiger partial charge on any atom is 0.278 e. The molecule has 4 aromatic rings. The summed E-state index contributed by atoms with van der Waals surface area (Å²) in [6, 6.07) is 4.70. The zero-order valence-electron chi connectivity index (χ0n) is 14.8. The number of aliphatic hydroxyl groups excluding tert-OH is 1. The van der Waals surface area contributed by atoms with Crippen LogP contribution in [-0.4, -0.2) is 40.9 Å². The zero-order chi connectivity index (χ0) is 19.6. The molecule has 1 aliphatic rings. The largest absolute Gasteiger partial charge is 0.394 e. The molecule has 1 unspecified atom stereocenters. The van der Waals surface area contributed by atoms with Gasteiger partial charge in [0.15, 0.2) is 0 Å². The molecule has 3 heterocycles. The smallest absolute Gasteiger partial charge is 0.278 e. The third kappa shape index (κ3) is 2.40. The number of nitrogens with zero attached hydrogens (tertiary/aromatic N) is 5. The summed E-state index contributed by atoms with van der Waals surface area (Å²) in [6.45, 7) is 1.52. The van der Waals surface area contributed by atoms with E-state index in [9.17, 15) is 15.0 Å². The number of fused-ring (bicyclic) bond motifs is 3. The molecule has 9 nitrogen and oxygen atoms in total. The van der Waals surface area contributed by atoms with Gasteiger partial charge in [0.05, 0.1) is 23.7 Å². The highest BCUT2D eigenvalue weighted by molar-refractivity contribution is 6.31. The minimum Gasteiger partial charge on any atom is -0.394 e. The fourth-order valence-corrected chi connectivity index (χ4v) is 3.54. The minimum absolute atomic E-state index is 0.125. The van der Waals surface area contributed by atoms with Gasteiger partial charge in [0, 0.05) is 5.02 Å². The van der Waals surface area contributed by atoms with Crippen molar-refractivity contribution in [3.63, 3.8) is 0 Å². The molecule has 0 aliphatic heterocycles. The third-order valence-corrected chi connectivity index (χ3v) is 5.35. The van der Waals surface area contributed by atoms with Crippen molar-refractivity contribution in [1.82, 2.24) is 24.1 Å². The molecule has 0 saturated heterocycles. The van der Waals surface area contributed by atoms with Crippen molar-refractivity contribution in [1.29, 1.82) is 0 Å². The van der Waals surface area contributed by atoms with Crippen molar-refractivity contribution >= 4 is 28.2 Å². The fraction of sp³-hybridized carbons (Fsp3) is 0.333. The summed E-state index contributed by atoms with van der Waals surface area (Å²) in [6.07, 6.45) is 2.63. The molecule has 2 N–H and O–H groups in total. The number of hydrogen-bond acceptors (Lipinski definition) is 7. The lowest BCUT2D eigenvalue weighted by Gasteiger charge is -2.17. The monoisotopic (exact) mass is 401 g/mol. The van der Waals surface area contributed by atoms with E-state index in [1.54, 1.807) is 29.5 Å². The van der Waals surface area contributed by atoms with Gasteiger partial charge in [-0.25, -0.2) is 4.98 Å². The van der Waals surface area contributed by atoms with Crippen LogP contribution >= 0.6 is 11.6 Å². The van der Waals surface area contributed by atoms with Gasteiger partial charge in [-0.1, -0.05) is 16.8 Å². The van der Waals surface area contributed by atoms with Gasteiger partial charge in [0.1, 0.15) is 23.1 Å². The predicted octanol–water partition coefficient (Wildman–Crippen LogP) is 1.89. The fourth-order valence-electron chi connectivity index (χ4n) is 3.38. The predicted molar refractivity (Wildman–Crippen MR) is 100 cm³/mol. The van der Waals surface area contributed by atoms with Crippen LogP contribution < -0.4 is 5.56 Å². The standard InChI is InChI=1S/C18H16ClN5O4/c1-9(7-25)24-12-6-10(19)2-3-11(12)23-8-20-13(14(23)16(24)26)15-21-17(28-22-15)18(27)4-5-18/h2-3,6,8-9,25,27H,4-5,7H2,1H3. The van der Waals surface area contributed by atoms with Crippen LogP contribution in [0.3, 0.4) is 0 Å². The highest BCUT2D eigenvalue weighted by Gasteiger charge is 2.48. The molecule has 1 aromatic carbocycles. The molecule has 10 heteroatoms. The first kappa shape index (κ1) is 17.4. The van der Waals surface area contributed by atoms with Crippen LogP contribution in [0, 0.1) is 0 Å². The SMILES string of the molecule is CC(CO)n1c(=O)c2c(-c3noc(C4(O)CC4)n3)ncn2c2ccc(Cl)cc21. The van der Waals surface area contributed by atoms with E-state index in [1.807, 2.05) is 0 Å². The number of hydrogen-bond donors (Lipinski definition) is 2. The van der Waals surface area contributed by atoms with E-state index >= 15 is 0 Å². The van der Waals surface area contributed by atoms with Crippen molar-refractivity contribution in [3.05, 3.63) is 45.8 Å². The maximum atomic E-state index is 13.3. The Bertz CT molecular complexity index is 1290. The van der Waals surface area contributed by atoms with Crippen molar-refractivity contribution in [3.8, 4) is 11.5 Å². The van der Waals surface area contributed by atoms with Crippen LogP contribution in [0.25, 0.3) is 28.1 Å². The first-order valence-corrected chi connectivity index (χ1v) is 9.19. The molecule has 3 aromatic heterocycles. The molecule has 144 valence electrons. The quantitative estimate of drug-likeness (QED) is 0.536. The van der Waals surface area contributed by atoms with Crippen molar-refractivity contribution < 1.29 is 14.7 Å². The Morgan fingerprint density at radius 2 is 2.14 bits per heavy atom. The molecular formula is C18H16ClN5O4. The summed E-state index contributed by atoms with van der Waals surface area (Å²) in [7, 11) is 0. The lowest BCUT2D eigenvalue weighted by Crippen LogP contribution is -2.27. The summed E-state index contributed by atoms with van der Waals surface area (Å²) < 4.78 is 8.31. The normalized spacial score (nSPS) is 16.7. The van der Waals surface area contributed by atoms with Crippen molar-refractivity contribution in [2.24, 2.45) is 0 Å². The van der Waals surface area contributed by atoms with Crippen molar-refractivity contribution in [2.45, 2.75) is 31.4 Å². The van der Waals surface area contributed by atoms with Crippen LogP contribution in [-0.2, 0) is 5.60 Å². The van der Waals surface area contributed by atoms with Gasteiger partial charge in [-0.3, -0.25) is 13.8 Å². The van der Waals surface area contributed by atoms with Crippen LogP contribution in [0.15, 0.2) is 33.8 Å². The molecular weight excluding hydrogens is 386 g/mol. The molecule has 1 fully saturated rings. The Kier molecular flexibility index (Phi) is 3.64. The second kappa shape index (κ2) is 5.87. The number of imidazole rings is 1. The van der Waals surface area contributed by atoms with Gasteiger partial charge >= 0.3 is 0 Å². The van der Waals surface area contributed by atoms with Gasteiger partial charge < -0.3 is 14.7 Å². The highest BCUT2D eigenvalue weighted by atomic mass is 35.5. The second-order valence-corrected chi connectivity index (χ2v) is 7.54. The second-order valence-electron chi connectivity index (χ2n) is 7.11. The van der Waals surface area contributed by atoms with E-state index in [2.05, 4.69) is 15.1 Å². The van der Waals surface area contributed by atoms with Gasteiger partial charge in [-0.2, -0.15) is 4.98 Å². The average Bonchev–Trinajstić information content (AvgIpc) is 3.11. The van der Waals surface area contributed by atoms with E-state index in [0.29, 0.717) is 28.9 Å². The van der Waals surface area contributed by atoms with Gasteiger partial charge in [0.25, 0.3) is 11.4 Å². The van der Waals surface area contributed by atoms with Crippen molar-refractivity contribution in [2.75, 3.05) is 6.61 Å². The lowest BCUT2D eigenvalue weighted by molar-refractivity contribution is 0.108. The Labute approximate surface area is 162 Å². The number of rotatable bonds is 4. The van der Waals surface area contributed by atoms with Gasteiger partial charge in [0.2, 0.25) is 5.82 Å². The summed E-state index contributed by atoms with van der Waals surface area (Å²) in [4.78, 5) is 21.9. The van der Waals surface area contributed by atoms with E-state index in [0.717, 1.165) is 0 Å². The molecule has 1 atom stereocenters. The molecule has 0 spiro atoms. The number of halogens is 1. The van der Waals surface area contributed by atoms with E-state index in [4.69, 9.17) is 16.1 Å². The van der Waals surface area contributed by atoms with Gasteiger partial charge in [-0.05, 0) is 38.0 Å². The van der Waals surface area contributed by atoms with E-state index in [-0.39, 0.29) is 35.1 Å². The molecule has 1 aliphatic carbocycles. The summed E-state index contributed by atoms with van der Waals surface area (Å²) >= 11 is 6.14. The van der Waals surface area contributed by atoms with Crippen LogP contribution in [0.4, 0.5) is 0 Å². The van der Waals surface area contributed by atoms with E-state index in [1.165, 1.54) is 10.9 Å². The Morgan fingerprint density at radius 1 is 1.36 bits per heavy atom. The number of benzene rings is 1. The molecule has 28 heavy (non-hydrogen) atoms. The summed E-state index contributed by atoms with van der Waals surface area (Å²) in [5.41, 5.74) is 0.347. The van der Waals surface area contributed by atoms with Crippen LogP contribution in [0.1, 0.15) is 31.7 Å². The van der Waals surface area contributed by atoms with Crippen LogP contribution in [0.2, 0.25) is 5.02 Å². The number of aliphatic hydroxyl groups is 2.